The third-order valence-corrected chi connectivity index (χ3v) is 3.96. The van der Waals surface area contributed by atoms with Gasteiger partial charge in [-0.1, -0.05) is 18.6 Å². The number of halogens is 3. The zero-order chi connectivity index (χ0) is 16.2. The number of ether oxygens (including phenoxy) is 1. The summed E-state index contributed by atoms with van der Waals surface area (Å²) in [7, 11) is 1.58. The predicted octanol–water partition coefficient (Wildman–Crippen LogP) is 3.74. The lowest BCUT2D eigenvalue weighted by Gasteiger charge is -2.25. The van der Waals surface area contributed by atoms with E-state index in [1.165, 1.54) is 4.90 Å². The number of amides is 1. The van der Waals surface area contributed by atoms with Crippen molar-refractivity contribution >= 4 is 5.91 Å². The SMILES string of the molecule is COc1ccc(C2CCCCN(C(=O)CC(F)(F)F)C2)cc1. The Morgan fingerprint density at radius 1 is 1.27 bits per heavy atom. The molecule has 0 radical (unpaired) electrons. The first-order valence-corrected chi connectivity index (χ1v) is 7.37. The van der Waals surface area contributed by atoms with Crippen molar-refractivity contribution in [3.8, 4) is 5.75 Å². The Hall–Kier alpha value is -1.72. The lowest BCUT2D eigenvalue weighted by atomic mass is 9.94. The van der Waals surface area contributed by atoms with Crippen LogP contribution in [0.2, 0.25) is 0 Å². The maximum Gasteiger partial charge on any atom is 0.397 e. The van der Waals surface area contributed by atoms with E-state index in [-0.39, 0.29) is 5.92 Å². The maximum absolute atomic E-state index is 12.4. The van der Waals surface area contributed by atoms with E-state index in [1.54, 1.807) is 7.11 Å². The maximum atomic E-state index is 12.4. The molecule has 0 aliphatic carbocycles. The number of hydrogen-bond acceptors (Lipinski definition) is 2. The van der Waals surface area contributed by atoms with Crippen LogP contribution in [-0.4, -0.2) is 37.2 Å². The van der Waals surface area contributed by atoms with E-state index >= 15 is 0 Å². The highest BCUT2D eigenvalue weighted by molar-refractivity contribution is 5.77. The Labute approximate surface area is 128 Å². The third-order valence-electron chi connectivity index (χ3n) is 3.96. The van der Waals surface area contributed by atoms with Gasteiger partial charge in [-0.3, -0.25) is 4.79 Å². The Bertz CT molecular complexity index is 499. The molecule has 0 N–H and O–H groups in total. The molecule has 1 unspecified atom stereocenters. The van der Waals surface area contributed by atoms with Crippen LogP contribution in [0.4, 0.5) is 13.2 Å². The first-order valence-electron chi connectivity index (χ1n) is 7.37. The molecule has 1 aliphatic heterocycles. The molecule has 22 heavy (non-hydrogen) atoms. The molecule has 2 rings (SSSR count). The van der Waals surface area contributed by atoms with Gasteiger partial charge in [0.15, 0.2) is 0 Å². The summed E-state index contributed by atoms with van der Waals surface area (Å²) in [5.74, 6) is -0.0131. The van der Waals surface area contributed by atoms with Crippen LogP contribution in [-0.2, 0) is 4.79 Å². The second-order valence-electron chi connectivity index (χ2n) is 5.60. The van der Waals surface area contributed by atoms with Gasteiger partial charge in [0.05, 0.1) is 7.11 Å². The fourth-order valence-corrected chi connectivity index (χ4v) is 2.80. The van der Waals surface area contributed by atoms with Gasteiger partial charge in [-0.15, -0.1) is 0 Å². The van der Waals surface area contributed by atoms with Gasteiger partial charge in [0.2, 0.25) is 5.91 Å². The van der Waals surface area contributed by atoms with E-state index in [2.05, 4.69) is 0 Å². The number of alkyl halides is 3. The van der Waals surface area contributed by atoms with Crippen molar-refractivity contribution in [2.24, 2.45) is 0 Å². The molecule has 6 heteroatoms. The quantitative estimate of drug-likeness (QED) is 0.850. The summed E-state index contributed by atoms with van der Waals surface area (Å²) < 4.78 is 42.3. The van der Waals surface area contributed by atoms with E-state index in [0.717, 1.165) is 30.6 Å². The van der Waals surface area contributed by atoms with Gasteiger partial charge in [0, 0.05) is 19.0 Å². The lowest BCUT2D eigenvalue weighted by Crippen LogP contribution is -2.36. The van der Waals surface area contributed by atoms with Gasteiger partial charge in [0.25, 0.3) is 0 Å². The largest absolute Gasteiger partial charge is 0.497 e. The van der Waals surface area contributed by atoms with Gasteiger partial charge >= 0.3 is 6.18 Å². The predicted molar refractivity (Wildman–Crippen MR) is 76.8 cm³/mol. The first-order chi connectivity index (χ1) is 10.4. The van der Waals surface area contributed by atoms with E-state index in [9.17, 15) is 18.0 Å². The van der Waals surface area contributed by atoms with E-state index in [1.807, 2.05) is 24.3 Å². The fraction of sp³-hybridized carbons (Fsp3) is 0.562. The Balaban J connectivity index is 2.07. The molecule has 0 aromatic heterocycles. The molecule has 1 heterocycles. The summed E-state index contributed by atoms with van der Waals surface area (Å²) in [6, 6.07) is 7.51. The fourth-order valence-electron chi connectivity index (χ4n) is 2.80. The van der Waals surface area contributed by atoms with Gasteiger partial charge in [0.1, 0.15) is 12.2 Å². The van der Waals surface area contributed by atoms with Crippen LogP contribution < -0.4 is 4.74 Å². The number of hydrogen-bond donors (Lipinski definition) is 0. The van der Waals surface area contributed by atoms with Crippen molar-refractivity contribution in [1.82, 2.24) is 4.90 Å². The molecule has 1 fully saturated rings. The third kappa shape index (κ3) is 4.64. The number of likely N-dealkylation sites (tertiary alicyclic amines) is 1. The van der Waals surface area contributed by atoms with E-state index < -0.39 is 18.5 Å². The van der Waals surface area contributed by atoms with Crippen LogP contribution >= 0.6 is 0 Å². The molecule has 1 aromatic rings. The van der Waals surface area contributed by atoms with E-state index in [0.29, 0.717) is 13.1 Å². The Morgan fingerprint density at radius 2 is 1.95 bits per heavy atom. The second-order valence-corrected chi connectivity index (χ2v) is 5.60. The Morgan fingerprint density at radius 3 is 2.55 bits per heavy atom. The molecule has 1 aliphatic rings. The molecule has 122 valence electrons. The molecule has 1 amide bonds. The number of nitrogens with zero attached hydrogens (tertiary/aromatic N) is 1. The normalized spacial score (nSPS) is 19.6. The highest BCUT2D eigenvalue weighted by atomic mass is 19.4. The molecule has 1 saturated heterocycles. The average molecular weight is 315 g/mol. The summed E-state index contributed by atoms with van der Waals surface area (Å²) in [4.78, 5) is 13.2. The molecule has 0 spiro atoms. The standard InChI is InChI=1S/C16H20F3NO2/c1-22-14-7-5-12(6-8-14)13-4-2-3-9-20(11-13)15(21)10-16(17,18)19/h5-8,13H,2-4,9-11H2,1H3. The molecule has 3 nitrogen and oxygen atoms in total. The average Bonchev–Trinajstić information content (AvgIpc) is 2.71. The summed E-state index contributed by atoms with van der Waals surface area (Å²) in [6.07, 6.45) is -3.29. The van der Waals surface area contributed by atoms with Crippen molar-refractivity contribution in [3.05, 3.63) is 29.8 Å². The van der Waals surface area contributed by atoms with Crippen LogP contribution in [0.25, 0.3) is 0 Å². The monoisotopic (exact) mass is 315 g/mol. The summed E-state index contributed by atoms with van der Waals surface area (Å²) in [6.45, 7) is 0.753. The molecule has 1 atom stereocenters. The van der Waals surface area contributed by atoms with Crippen molar-refractivity contribution in [2.75, 3.05) is 20.2 Å². The number of benzene rings is 1. The van der Waals surface area contributed by atoms with Crippen LogP contribution in [0, 0.1) is 0 Å². The van der Waals surface area contributed by atoms with Crippen LogP contribution in [0.1, 0.15) is 37.2 Å². The minimum absolute atomic E-state index is 0.0746. The smallest absolute Gasteiger partial charge is 0.397 e. The topological polar surface area (TPSA) is 29.5 Å². The van der Waals surface area contributed by atoms with Crippen molar-refractivity contribution in [1.29, 1.82) is 0 Å². The lowest BCUT2D eigenvalue weighted by molar-refractivity contribution is -0.161. The van der Waals surface area contributed by atoms with Crippen molar-refractivity contribution < 1.29 is 22.7 Å². The zero-order valence-electron chi connectivity index (χ0n) is 12.5. The summed E-state index contributed by atoms with van der Waals surface area (Å²) >= 11 is 0. The highest BCUT2D eigenvalue weighted by Crippen LogP contribution is 2.29. The molecule has 0 bridgehead atoms. The van der Waals surface area contributed by atoms with Gasteiger partial charge < -0.3 is 9.64 Å². The molecule has 0 saturated carbocycles. The summed E-state index contributed by atoms with van der Waals surface area (Å²) in [5.41, 5.74) is 1.03. The van der Waals surface area contributed by atoms with Crippen LogP contribution in [0.3, 0.4) is 0 Å². The Kier molecular flexibility index (Phi) is 5.32. The van der Waals surface area contributed by atoms with Gasteiger partial charge in [-0.25, -0.2) is 0 Å². The minimum Gasteiger partial charge on any atom is -0.497 e. The van der Waals surface area contributed by atoms with Gasteiger partial charge in [-0.05, 0) is 30.5 Å². The van der Waals surface area contributed by atoms with Crippen LogP contribution in [0.5, 0.6) is 5.75 Å². The second kappa shape index (κ2) is 7.03. The molecule has 1 aromatic carbocycles. The van der Waals surface area contributed by atoms with E-state index in [4.69, 9.17) is 4.74 Å². The number of methoxy groups -OCH3 is 1. The summed E-state index contributed by atoms with van der Waals surface area (Å²) in [5, 5.41) is 0. The number of rotatable bonds is 3. The first kappa shape index (κ1) is 16.6. The van der Waals surface area contributed by atoms with Gasteiger partial charge in [-0.2, -0.15) is 13.2 Å². The highest BCUT2D eigenvalue weighted by Gasteiger charge is 2.34. The minimum atomic E-state index is -4.45. The molecular weight excluding hydrogens is 295 g/mol. The number of carbonyl (C=O) groups is 1. The number of carbonyl (C=O) groups excluding carboxylic acids is 1. The van der Waals surface area contributed by atoms with Crippen molar-refractivity contribution in [2.45, 2.75) is 37.8 Å². The van der Waals surface area contributed by atoms with Crippen molar-refractivity contribution in [3.63, 3.8) is 0 Å². The molecular formula is C16H20F3NO2. The zero-order valence-corrected chi connectivity index (χ0v) is 12.5. The van der Waals surface area contributed by atoms with Crippen LogP contribution in [0.15, 0.2) is 24.3 Å².